The van der Waals surface area contributed by atoms with Crippen LogP contribution in [0, 0.1) is 0 Å². The molecule has 19 heavy (non-hydrogen) atoms. The summed E-state index contributed by atoms with van der Waals surface area (Å²) >= 11 is 5.84. The van der Waals surface area contributed by atoms with Crippen LogP contribution >= 0.6 is 11.6 Å². The molecule has 0 bridgehead atoms. The van der Waals surface area contributed by atoms with E-state index >= 15 is 0 Å². The minimum Gasteiger partial charge on any atom is -0.297 e. The fraction of sp³-hybridized carbons (Fsp3) is 0.308. The van der Waals surface area contributed by atoms with Crippen LogP contribution in [0.5, 0.6) is 0 Å². The number of rotatable bonds is 4. The number of aryl methyl sites for hydroxylation is 1. The SMILES string of the molecule is CCc1c(Cl)[nH]c(=O)n(CCc2ccccn2)c1=O. The molecule has 0 saturated carbocycles. The molecule has 1 N–H and O–H groups in total. The molecule has 100 valence electrons. The van der Waals surface area contributed by atoms with E-state index in [2.05, 4.69) is 9.97 Å². The summed E-state index contributed by atoms with van der Waals surface area (Å²) in [7, 11) is 0. The fourth-order valence-corrected chi connectivity index (χ4v) is 2.16. The third kappa shape index (κ3) is 2.93. The van der Waals surface area contributed by atoms with E-state index in [1.165, 1.54) is 4.57 Å². The summed E-state index contributed by atoms with van der Waals surface area (Å²) in [5, 5.41) is 0.131. The van der Waals surface area contributed by atoms with Crippen LogP contribution in [-0.4, -0.2) is 14.5 Å². The minimum absolute atomic E-state index is 0.131. The van der Waals surface area contributed by atoms with Crippen LogP contribution < -0.4 is 11.2 Å². The van der Waals surface area contributed by atoms with Crippen molar-refractivity contribution >= 4 is 11.6 Å². The molecule has 0 aliphatic rings. The number of H-pyrrole nitrogens is 1. The lowest BCUT2D eigenvalue weighted by Gasteiger charge is -2.07. The van der Waals surface area contributed by atoms with E-state index in [0.717, 1.165) is 5.69 Å². The first-order chi connectivity index (χ1) is 9.13. The predicted molar refractivity (Wildman–Crippen MR) is 73.7 cm³/mol. The minimum atomic E-state index is -0.483. The summed E-state index contributed by atoms with van der Waals surface area (Å²) < 4.78 is 1.17. The highest BCUT2D eigenvalue weighted by Crippen LogP contribution is 2.06. The Morgan fingerprint density at radius 2 is 2.16 bits per heavy atom. The number of hydrogen-bond acceptors (Lipinski definition) is 3. The number of pyridine rings is 1. The van der Waals surface area contributed by atoms with E-state index < -0.39 is 5.69 Å². The van der Waals surface area contributed by atoms with Gasteiger partial charge in [-0.2, -0.15) is 0 Å². The van der Waals surface area contributed by atoms with Gasteiger partial charge in [-0.15, -0.1) is 0 Å². The molecule has 2 heterocycles. The zero-order chi connectivity index (χ0) is 13.8. The molecule has 0 aliphatic heterocycles. The largest absolute Gasteiger partial charge is 0.329 e. The zero-order valence-electron chi connectivity index (χ0n) is 10.5. The van der Waals surface area contributed by atoms with E-state index in [1.807, 2.05) is 25.1 Å². The highest BCUT2D eigenvalue weighted by atomic mass is 35.5. The van der Waals surface area contributed by atoms with E-state index in [0.29, 0.717) is 18.4 Å². The van der Waals surface area contributed by atoms with Gasteiger partial charge in [-0.3, -0.25) is 19.3 Å². The normalized spacial score (nSPS) is 10.6. The average Bonchev–Trinajstić information content (AvgIpc) is 2.39. The molecule has 2 aromatic rings. The molecule has 0 atom stereocenters. The topological polar surface area (TPSA) is 67.8 Å². The number of aromatic amines is 1. The maximum absolute atomic E-state index is 12.1. The van der Waals surface area contributed by atoms with Crippen LogP contribution in [0.15, 0.2) is 34.0 Å². The van der Waals surface area contributed by atoms with Gasteiger partial charge in [-0.25, -0.2) is 4.79 Å². The molecular weight excluding hydrogens is 266 g/mol. The van der Waals surface area contributed by atoms with E-state index in [-0.39, 0.29) is 17.3 Å². The van der Waals surface area contributed by atoms with E-state index in [9.17, 15) is 9.59 Å². The molecule has 0 spiro atoms. The third-order valence-electron chi connectivity index (χ3n) is 2.90. The van der Waals surface area contributed by atoms with Gasteiger partial charge in [0.1, 0.15) is 5.15 Å². The molecule has 2 rings (SSSR count). The van der Waals surface area contributed by atoms with Crippen molar-refractivity contribution in [2.75, 3.05) is 0 Å². The molecule has 0 aliphatic carbocycles. The van der Waals surface area contributed by atoms with Gasteiger partial charge in [0, 0.05) is 24.9 Å². The van der Waals surface area contributed by atoms with Gasteiger partial charge in [0.05, 0.1) is 5.56 Å². The number of hydrogen-bond donors (Lipinski definition) is 1. The molecular formula is C13H14ClN3O2. The van der Waals surface area contributed by atoms with Gasteiger partial charge in [0.2, 0.25) is 0 Å². The van der Waals surface area contributed by atoms with Gasteiger partial charge in [0.25, 0.3) is 5.56 Å². The Morgan fingerprint density at radius 3 is 2.79 bits per heavy atom. The molecule has 0 aromatic carbocycles. The standard InChI is InChI=1S/C13H14ClN3O2/c1-2-10-11(14)16-13(19)17(12(10)18)8-6-9-5-3-4-7-15-9/h3-5,7H,2,6,8H2,1H3,(H,16,19). The lowest BCUT2D eigenvalue weighted by atomic mass is 10.2. The zero-order valence-corrected chi connectivity index (χ0v) is 11.3. The number of nitrogens with one attached hydrogen (secondary N) is 1. The van der Waals surface area contributed by atoms with Crippen molar-refractivity contribution < 1.29 is 0 Å². The summed E-state index contributed by atoms with van der Waals surface area (Å²) in [5.41, 5.74) is 0.458. The molecule has 0 radical (unpaired) electrons. The van der Waals surface area contributed by atoms with Crippen molar-refractivity contribution in [3.63, 3.8) is 0 Å². The Labute approximate surface area is 114 Å². The lowest BCUT2D eigenvalue weighted by molar-refractivity contribution is 0.613. The molecule has 0 saturated heterocycles. The molecule has 0 fully saturated rings. The first-order valence-electron chi connectivity index (χ1n) is 6.05. The number of halogens is 1. The van der Waals surface area contributed by atoms with Crippen molar-refractivity contribution in [1.29, 1.82) is 0 Å². The van der Waals surface area contributed by atoms with Gasteiger partial charge >= 0.3 is 5.69 Å². The second-order valence-electron chi connectivity index (χ2n) is 4.10. The third-order valence-corrected chi connectivity index (χ3v) is 3.22. The van der Waals surface area contributed by atoms with Crippen molar-refractivity contribution in [3.05, 3.63) is 61.6 Å². The Morgan fingerprint density at radius 1 is 1.37 bits per heavy atom. The fourth-order valence-electron chi connectivity index (χ4n) is 1.87. The molecule has 2 aromatic heterocycles. The Balaban J connectivity index is 2.31. The van der Waals surface area contributed by atoms with Crippen LogP contribution in [0.2, 0.25) is 5.15 Å². The highest BCUT2D eigenvalue weighted by Gasteiger charge is 2.10. The van der Waals surface area contributed by atoms with Crippen LogP contribution in [0.3, 0.4) is 0 Å². The molecule has 0 unspecified atom stereocenters. The van der Waals surface area contributed by atoms with Crippen molar-refractivity contribution in [2.24, 2.45) is 0 Å². The number of aromatic nitrogens is 3. The van der Waals surface area contributed by atoms with Crippen LogP contribution in [-0.2, 0) is 19.4 Å². The smallest absolute Gasteiger partial charge is 0.297 e. The highest BCUT2D eigenvalue weighted by molar-refractivity contribution is 6.30. The molecule has 5 nitrogen and oxygen atoms in total. The first kappa shape index (κ1) is 13.5. The second-order valence-corrected chi connectivity index (χ2v) is 4.48. The van der Waals surface area contributed by atoms with Gasteiger partial charge in [0.15, 0.2) is 0 Å². The van der Waals surface area contributed by atoms with E-state index in [1.54, 1.807) is 6.20 Å². The van der Waals surface area contributed by atoms with Gasteiger partial charge in [-0.1, -0.05) is 24.6 Å². The van der Waals surface area contributed by atoms with Crippen LogP contribution in [0.25, 0.3) is 0 Å². The van der Waals surface area contributed by atoms with Crippen LogP contribution in [0.1, 0.15) is 18.2 Å². The van der Waals surface area contributed by atoms with Gasteiger partial charge < -0.3 is 0 Å². The molecule has 6 heteroatoms. The number of nitrogens with zero attached hydrogens (tertiary/aromatic N) is 2. The summed E-state index contributed by atoms with van der Waals surface area (Å²) in [6.45, 7) is 2.11. The van der Waals surface area contributed by atoms with Crippen molar-refractivity contribution in [2.45, 2.75) is 26.3 Å². The average molecular weight is 280 g/mol. The first-order valence-corrected chi connectivity index (χ1v) is 6.42. The van der Waals surface area contributed by atoms with Crippen molar-refractivity contribution in [1.82, 2.24) is 14.5 Å². The second kappa shape index (κ2) is 5.84. The Hall–Kier alpha value is -1.88. The lowest BCUT2D eigenvalue weighted by Crippen LogP contribution is -2.37. The predicted octanol–water partition coefficient (Wildman–Crippen LogP) is 1.39. The summed E-state index contributed by atoms with van der Waals surface area (Å²) in [5.74, 6) is 0. The summed E-state index contributed by atoms with van der Waals surface area (Å²) in [6.07, 6.45) is 2.69. The monoisotopic (exact) mass is 279 g/mol. The maximum atomic E-state index is 12.1. The van der Waals surface area contributed by atoms with E-state index in [4.69, 9.17) is 11.6 Å². The van der Waals surface area contributed by atoms with Crippen molar-refractivity contribution in [3.8, 4) is 0 Å². The maximum Gasteiger partial charge on any atom is 0.329 e. The molecule has 0 amide bonds. The summed E-state index contributed by atoms with van der Waals surface area (Å²) in [6, 6.07) is 5.55. The van der Waals surface area contributed by atoms with Crippen LogP contribution in [0.4, 0.5) is 0 Å². The quantitative estimate of drug-likeness (QED) is 0.860. The summed E-state index contributed by atoms with van der Waals surface area (Å²) in [4.78, 5) is 30.5. The Bertz CT molecular complexity index is 677. The Kier molecular flexibility index (Phi) is 4.16. The van der Waals surface area contributed by atoms with Gasteiger partial charge in [-0.05, 0) is 18.6 Å².